The molecule has 0 aliphatic heterocycles. The predicted octanol–water partition coefficient (Wildman–Crippen LogP) is 1.66. The van der Waals surface area contributed by atoms with Gasteiger partial charge >= 0.3 is 0 Å². The summed E-state index contributed by atoms with van der Waals surface area (Å²) in [5.74, 6) is -0.233. The fraction of sp³-hybridized carbons (Fsp3) is 0.500. The molecule has 2 unspecified atom stereocenters. The number of hydrogen-bond acceptors (Lipinski definition) is 4. The van der Waals surface area contributed by atoms with E-state index in [2.05, 4.69) is 5.32 Å². The zero-order valence-electron chi connectivity index (χ0n) is 11.7. The molecule has 0 aliphatic rings. The molecular formula is C14H20N2O4. The van der Waals surface area contributed by atoms with Crippen LogP contribution in [0.1, 0.15) is 25.8 Å². The minimum Gasteiger partial charge on any atom is -0.391 e. The van der Waals surface area contributed by atoms with Crippen molar-refractivity contribution in [2.45, 2.75) is 32.8 Å². The van der Waals surface area contributed by atoms with Crippen molar-refractivity contribution in [2.75, 3.05) is 6.54 Å². The lowest BCUT2D eigenvalue weighted by Gasteiger charge is -2.17. The van der Waals surface area contributed by atoms with Crippen LogP contribution in [0.2, 0.25) is 0 Å². The van der Waals surface area contributed by atoms with Crippen LogP contribution in [-0.2, 0) is 11.2 Å². The summed E-state index contributed by atoms with van der Waals surface area (Å²) in [6, 6.07) is 6.15. The van der Waals surface area contributed by atoms with Crippen molar-refractivity contribution in [1.82, 2.24) is 5.32 Å². The topological polar surface area (TPSA) is 92.5 Å². The van der Waals surface area contributed by atoms with E-state index in [1.54, 1.807) is 18.2 Å². The van der Waals surface area contributed by atoms with Gasteiger partial charge in [-0.3, -0.25) is 14.9 Å². The van der Waals surface area contributed by atoms with Crippen LogP contribution in [0.15, 0.2) is 24.3 Å². The van der Waals surface area contributed by atoms with Crippen molar-refractivity contribution >= 4 is 11.6 Å². The number of nitro benzene ring substituents is 1. The number of para-hydroxylation sites is 1. The summed E-state index contributed by atoms with van der Waals surface area (Å²) < 4.78 is 0. The van der Waals surface area contributed by atoms with Gasteiger partial charge in [0.25, 0.3) is 5.69 Å². The van der Waals surface area contributed by atoms with E-state index >= 15 is 0 Å². The average molecular weight is 280 g/mol. The summed E-state index contributed by atoms with van der Waals surface area (Å²) in [6.07, 6.45) is 0.153. The van der Waals surface area contributed by atoms with Crippen LogP contribution < -0.4 is 5.32 Å². The molecule has 0 fully saturated rings. The molecule has 0 aliphatic carbocycles. The zero-order chi connectivity index (χ0) is 15.1. The molecule has 0 saturated carbocycles. The first-order valence-corrected chi connectivity index (χ1v) is 6.62. The number of rotatable bonds is 7. The summed E-state index contributed by atoms with van der Waals surface area (Å²) in [6.45, 7) is 4.02. The molecule has 6 nitrogen and oxygen atoms in total. The highest BCUT2D eigenvalue weighted by atomic mass is 16.6. The molecule has 0 radical (unpaired) electrons. The number of carbonyl (C=O) groups excluding carboxylic acids is 1. The summed E-state index contributed by atoms with van der Waals surface area (Å²) in [5.41, 5.74) is 0.304. The van der Waals surface area contributed by atoms with E-state index in [4.69, 9.17) is 0 Å². The summed E-state index contributed by atoms with van der Waals surface area (Å²) >= 11 is 0. The highest BCUT2D eigenvalue weighted by Gasteiger charge is 2.17. The quantitative estimate of drug-likeness (QED) is 0.587. The van der Waals surface area contributed by atoms with Gasteiger partial charge in [0.05, 0.1) is 17.4 Å². The molecule has 1 aromatic rings. The predicted molar refractivity (Wildman–Crippen MR) is 75.3 cm³/mol. The summed E-state index contributed by atoms with van der Waals surface area (Å²) in [4.78, 5) is 22.1. The molecule has 1 aromatic carbocycles. The first-order valence-electron chi connectivity index (χ1n) is 6.62. The van der Waals surface area contributed by atoms with E-state index in [0.717, 1.165) is 6.42 Å². The van der Waals surface area contributed by atoms with Crippen LogP contribution in [0, 0.1) is 16.0 Å². The van der Waals surface area contributed by atoms with E-state index in [9.17, 15) is 20.0 Å². The van der Waals surface area contributed by atoms with Gasteiger partial charge in [0.1, 0.15) is 0 Å². The van der Waals surface area contributed by atoms with Crippen LogP contribution in [0.5, 0.6) is 0 Å². The van der Waals surface area contributed by atoms with Gasteiger partial charge in [-0.05, 0) is 5.92 Å². The molecule has 1 amide bonds. The zero-order valence-corrected chi connectivity index (χ0v) is 11.7. The Morgan fingerprint density at radius 1 is 1.45 bits per heavy atom. The molecule has 2 N–H and O–H groups in total. The molecular weight excluding hydrogens is 260 g/mol. The Morgan fingerprint density at radius 2 is 2.10 bits per heavy atom. The Kier molecular flexibility index (Phi) is 6.11. The number of amides is 1. The fourth-order valence-corrected chi connectivity index (χ4v) is 1.77. The third-order valence-electron chi connectivity index (χ3n) is 3.35. The van der Waals surface area contributed by atoms with Gasteiger partial charge in [-0.1, -0.05) is 38.5 Å². The maximum atomic E-state index is 11.8. The number of carbonyl (C=O) groups is 1. The van der Waals surface area contributed by atoms with Gasteiger partial charge in [-0.25, -0.2) is 0 Å². The number of aliphatic hydroxyl groups is 1. The van der Waals surface area contributed by atoms with Crippen LogP contribution >= 0.6 is 0 Å². The number of benzene rings is 1. The summed E-state index contributed by atoms with van der Waals surface area (Å²) in [7, 11) is 0. The van der Waals surface area contributed by atoms with Crippen LogP contribution in [0.25, 0.3) is 0 Å². The number of nitrogens with one attached hydrogen (secondary N) is 1. The van der Waals surface area contributed by atoms with E-state index in [1.807, 2.05) is 13.8 Å². The molecule has 20 heavy (non-hydrogen) atoms. The van der Waals surface area contributed by atoms with Crippen LogP contribution in [0.3, 0.4) is 0 Å². The van der Waals surface area contributed by atoms with Crippen molar-refractivity contribution in [2.24, 2.45) is 5.92 Å². The Morgan fingerprint density at radius 3 is 2.70 bits per heavy atom. The Hall–Kier alpha value is -1.95. The second-order valence-corrected chi connectivity index (χ2v) is 4.82. The minimum atomic E-state index is -0.602. The fourth-order valence-electron chi connectivity index (χ4n) is 1.77. The summed E-state index contributed by atoms with van der Waals surface area (Å²) in [5, 5.41) is 23.2. The number of nitrogens with zero attached hydrogens (tertiary/aromatic N) is 1. The first kappa shape index (κ1) is 16.1. The lowest BCUT2D eigenvalue weighted by Crippen LogP contribution is -2.36. The van der Waals surface area contributed by atoms with Crippen LogP contribution in [-0.4, -0.2) is 28.6 Å². The molecule has 2 atom stereocenters. The second-order valence-electron chi connectivity index (χ2n) is 4.82. The first-order chi connectivity index (χ1) is 9.45. The largest absolute Gasteiger partial charge is 0.391 e. The Balaban J connectivity index is 2.57. The van der Waals surface area contributed by atoms with Crippen molar-refractivity contribution in [3.05, 3.63) is 39.9 Å². The Labute approximate surface area is 118 Å². The van der Waals surface area contributed by atoms with E-state index in [1.165, 1.54) is 6.07 Å². The third kappa shape index (κ3) is 4.62. The number of aliphatic hydroxyl groups excluding tert-OH is 1. The highest BCUT2D eigenvalue weighted by molar-refractivity contribution is 5.79. The van der Waals surface area contributed by atoms with Gasteiger partial charge in [0, 0.05) is 18.2 Å². The van der Waals surface area contributed by atoms with Gasteiger partial charge in [-0.15, -0.1) is 0 Å². The average Bonchev–Trinajstić information content (AvgIpc) is 2.44. The maximum Gasteiger partial charge on any atom is 0.273 e. The molecule has 6 heteroatoms. The number of nitro groups is 1. The van der Waals surface area contributed by atoms with Gasteiger partial charge in [0.2, 0.25) is 5.91 Å². The monoisotopic (exact) mass is 280 g/mol. The lowest BCUT2D eigenvalue weighted by molar-refractivity contribution is -0.385. The maximum absolute atomic E-state index is 11.8. The van der Waals surface area contributed by atoms with E-state index < -0.39 is 11.0 Å². The van der Waals surface area contributed by atoms with Crippen molar-refractivity contribution < 1.29 is 14.8 Å². The van der Waals surface area contributed by atoms with Gasteiger partial charge < -0.3 is 10.4 Å². The smallest absolute Gasteiger partial charge is 0.273 e. The van der Waals surface area contributed by atoms with Crippen molar-refractivity contribution in [3.63, 3.8) is 0 Å². The van der Waals surface area contributed by atoms with Crippen LogP contribution in [0.4, 0.5) is 5.69 Å². The second kappa shape index (κ2) is 7.59. The van der Waals surface area contributed by atoms with Crippen molar-refractivity contribution in [1.29, 1.82) is 0 Å². The molecule has 0 spiro atoms. The molecule has 1 rings (SSSR count). The Bertz CT molecular complexity index is 476. The standard InChI is InChI=1S/C14H20N2O4/c1-3-10(2)13(17)9-15-14(18)8-11-6-4-5-7-12(11)16(19)20/h4-7,10,13,17H,3,8-9H2,1-2H3,(H,15,18). The third-order valence-corrected chi connectivity index (χ3v) is 3.35. The van der Waals surface area contributed by atoms with Gasteiger partial charge in [0.15, 0.2) is 0 Å². The molecule has 0 bridgehead atoms. The molecule has 0 aromatic heterocycles. The SMILES string of the molecule is CCC(C)C(O)CNC(=O)Cc1ccccc1[N+](=O)[O-]. The highest BCUT2D eigenvalue weighted by Crippen LogP contribution is 2.18. The van der Waals surface area contributed by atoms with Gasteiger partial charge in [-0.2, -0.15) is 0 Å². The lowest BCUT2D eigenvalue weighted by atomic mass is 10.0. The minimum absolute atomic E-state index is 0.0647. The van der Waals surface area contributed by atoms with E-state index in [-0.39, 0.29) is 30.5 Å². The van der Waals surface area contributed by atoms with Crippen molar-refractivity contribution in [3.8, 4) is 0 Å². The molecule has 0 saturated heterocycles. The van der Waals surface area contributed by atoms with E-state index in [0.29, 0.717) is 5.56 Å². The normalized spacial score (nSPS) is 13.6. The number of hydrogen-bond donors (Lipinski definition) is 2. The molecule has 0 heterocycles. The molecule has 110 valence electrons.